The van der Waals surface area contributed by atoms with Gasteiger partial charge in [0, 0.05) is 6.04 Å². The van der Waals surface area contributed by atoms with Gasteiger partial charge in [0.25, 0.3) is 0 Å². The first-order valence-corrected chi connectivity index (χ1v) is 5.30. The topological polar surface area (TPSA) is 66.0 Å². The van der Waals surface area contributed by atoms with Crippen LogP contribution in [0.25, 0.3) is 5.69 Å². The van der Waals surface area contributed by atoms with Crippen LogP contribution in [-0.2, 0) is 0 Å². The van der Waals surface area contributed by atoms with Crippen LogP contribution in [-0.4, -0.2) is 21.6 Å². The third kappa shape index (κ3) is 2.62. The van der Waals surface area contributed by atoms with E-state index >= 15 is 0 Å². The minimum Gasteiger partial charge on any atom is -0.433 e. The highest BCUT2D eigenvalue weighted by atomic mass is 19.3. The minimum absolute atomic E-state index is 0.0358. The van der Waals surface area contributed by atoms with E-state index < -0.39 is 6.61 Å². The van der Waals surface area contributed by atoms with Crippen molar-refractivity contribution in [2.45, 2.75) is 19.6 Å². The fraction of sp³-hybridized carbons (Fsp3) is 0.273. The standard InChI is InChI=1S/C11H12F2N4O/c1-7(14)8-6-17(16-15-8)9-4-2-3-5-10(9)18-11(12)13/h2-7,11H,14H2,1H3. The van der Waals surface area contributed by atoms with Gasteiger partial charge >= 0.3 is 6.61 Å². The maximum Gasteiger partial charge on any atom is 0.387 e. The van der Waals surface area contributed by atoms with Gasteiger partial charge in [0.1, 0.15) is 5.69 Å². The van der Waals surface area contributed by atoms with E-state index in [1.165, 1.54) is 10.7 Å². The van der Waals surface area contributed by atoms with E-state index in [1.54, 1.807) is 31.3 Å². The second-order valence-corrected chi connectivity index (χ2v) is 3.72. The molecule has 0 aliphatic heterocycles. The van der Waals surface area contributed by atoms with E-state index in [0.29, 0.717) is 11.4 Å². The first-order valence-electron chi connectivity index (χ1n) is 5.30. The van der Waals surface area contributed by atoms with E-state index in [4.69, 9.17) is 5.73 Å². The van der Waals surface area contributed by atoms with Gasteiger partial charge in [-0.3, -0.25) is 0 Å². The summed E-state index contributed by atoms with van der Waals surface area (Å²) in [5.74, 6) is 0.0358. The highest BCUT2D eigenvalue weighted by Crippen LogP contribution is 2.23. The molecule has 5 nitrogen and oxygen atoms in total. The van der Waals surface area contributed by atoms with Gasteiger partial charge in [-0.1, -0.05) is 17.3 Å². The summed E-state index contributed by atoms with van der Waals surface area (Å²) < 4.78 is 30.3. The first-order chi connectivity index (χ1) is 8.58. The number of halogens is 2. The number of hydrogen-bond donors (Lipinski definition) is 1. The van der Waals surface area contributed by atoms with Gasteiger partial charge < -0.3 is 10.5 Å². The Balaban J connectivity index is 2.36. The third-order valence-corrected chi connectivity index (χ3v) is 2.31. The summed E-state index contributed by atoms with van der Waals surface area (Å²) in [6.07, 6.45) is 1.58. The van der Waals surface area contributed by atoms with Crippen molar-refractivity contribution >= 4 is 0 Å². The Labute approximate surface area is 102 Å². The molecule has 2 N–H and O–H groups in total. The SMILES string of the molecule is CC(N)c1cn(-c2ccccc2OC(F)F)nn1. The molecule has 0 spiro atoms. The number of rotatable bonds is 4. The van der Waals surface area contributed by atoms with Crippen LogP contribution in [0.4, 0.5) is 8.78 Å². The van der Waals surface area contributed by atoms with Crippen LogP contribution in [0.1, 0.15) is 18.7 Å². The average Bonchev–Trinajstić information content (AvgIpc) is 2.78. The van der Waals surface area contributed by atoms with Crippen LogP contribution >= 0.6 is 0 Å². The van der Waals surface area contributed by atoms with Crippen molar-refractivity contribution in [3.8, 4) is 11.4 Å². The summed E-state index contributed by atoms with van der Waals surface area (Å²) >= 11 is 0. The van der Waals surface area contributed by atoms with E-state index in [2.05, 4.69) is 15.0 Å². The molecule has 0 aliphatic carbocycles. The number of nitrogens with two attached hydrogens (primary N) is 1. The normalized spacial score (nSPS) is 12.7. The Kier molecular flexibility index (Phi) is 3.52. The number of aromatic nitrogens is 3. The molecule has 1 aromatic heterocycles. The summed E-state index contributed by atoms with van der Waals surface area (Å²) in [4.78, 5) is 0. The molecule has 0 radical (unpaired) electrons. The molecule has 0 saturated carbocycles. The van der Waals surface area contributed by atoms with Crippen LogP contribution < -0.4 is 10.5 Å². The monoisotopic (exact) mass is 254 g/mol. The number of hydrogen-bond acceptors (Lipinski definition) is 4. The van der Waals surface area contributed by atoms with E-state index in [1.807, 2.05) is 0 Å². The number of alkyl halides is 2. The molecule has 7 heteroatoms. The molecule has 2 rings (SSSR count). The predicted octanol–water partition coefficient (Wildman–Crippen LogP) is 1.89. The van der Waals surface area contributed by atoms with E-state index in [-0.39, 0.29) is 11.8 Å². The molecular weight excluding hydrogens is 242 g/mol. The van der Waals surface area contributed by atoms with Crippen molar-refractivity contribution in [2.75, 3.05) is 0 Å². The van der Waals surface area contributed by atoms with Crippen LogP contribution in [0.5, 0.6) is 5.75 Å². The third-order valence-electron chi connectivity index (χ3n) is 2.31. The molecule has 2 aromatic rings. The van der Waals surface area contributed by atoms with Crippen molar-refractivity contribution in [3.05, 3.63) is 36.2 Å². The van der Waals surface area contributed by atoms with Gasteiger partial charge in [-0.2, -0.15) is 8.78 Å². The van der Waals surface area contributed by atoms with Crippen LogP contribution in [0.15, 0.2) is 30.5 Å². The molecule has 1 unspecified atom stereocenters. The second-order valence-electron chi connectivity index (χ2n) is 3.72. The lowest BCUT2D eigenvalue weighted by Crippen LogP contribution is -2.06. The quantitative estimate of drug-likeness (QED) is 0.904. The van der Waals surface area contributed by atoms with E-state index in [9.17, 15) is 8.78 Å². The van der Waals surface area contributed by atoms with Crippen molar-refractivity contribution in [2.24, 2.45) is 5.73 Å². The smallest absolute Gasteiger partial charge is 0.387 e. The molecule has 0 saturated heterocycles. The first kappa shape index (κ1) is 12.4. The summed E-state index contributed by atoms with van der Waals surface area (Å²) in [5, 5.41) is 7.69. The van der Waals surface area contributed by atoms with E-state index in [0.717, 1.165) is 0 Å². The zero-order valence-corrected chi connectivity index (χ0v) is 9.62. The minimum atomic E-state index is -2.89. The molecule has 0 amide bonds. The molecule has 1 aromatic carbocycles. The number of nitrogens with zero attached hydrogens (tertiary/aromatic N) is 3. The molecule has 1 heterocycles. The van der Waals surface area contributed by atoms with Gasteiger partial charge in [0.2, 0.25) is 0 Å². The predicted molar refractivity (Wildman–Crippen MR) is 60.6 cm³/mol. The van der Waals surface area contributed by atoms with Gasteiger partial charge in [-0.05, 0) is 19.1 Å². The fourth-order valence-electron chi connectivity index (χ4n) is 1.45. The van der Waals surface area contributed by atoms with Crippen molar-refractivity contribution in [1.82, 2.24) is 15.0 Å². The van der Waals surface area contributed by atoms with Crippen molar-refractivity contribution < 1.29 is 13.5 Å². The lowest BCUT2D eigenvalue weighted by Gasteiger charge is -2.09. The zero-order chi connectivity index (χ0) is 13.1. The number of benzene rings is 1. The van der Waals surface area contributed by atoms with Gasteiger partial charge in [-0.25, -0.2) is 4.68 Å². The Bertz CT molecular complexity index is 527. The Morgan fingerprint density at radius 3 is 2.67 bits per heavy atom. The number of para-hydroxylation sites is 2. The molecule has 96 valence electrons. The molecule has 0 bridgehead atoms. The number of ether oxygens (including phenoxy) is 1. The lowest BCUT2D eigenvalue weighted by atomic mass is 10.2. The lowest BCUT2D eigenvalue weighted by molar-refractivity contribution is -0.0499. The zero-order valence-electron chi connectivity index (χ0n) is 9.62. The van der Waals surface area contributed by atoms with Gasteiger partial charge in [-0.15, -0.1) is 5.10 Å². The maximum atomic E-state index is 12.3. The highest BCUT2D eigenvalue weighted by Gasteiger charge is 2.13. The molecule has 1 atom stereocenters. The van der Waals surface area contributed by atoms with Crippen LogP contribution in [0.3, 0.4) is 0 Å². The summed E-state index contributed by atoms with van der Waals surface area (Å²) in [6.45, 7) is -1.13. The van der Waals surface area contributed by atoms with Crippen LogP contribution in [0, 0.1) is 0 Å². The molecule has 0 fully saturated rings. The Hall–Kier alpha value is -2.02. The Morgan fingerprint density at radius 1 is 1.33 bits per heavy atom. The molecular formula is C11H12F2N4O. The fourth-order valence-corrected chi connectivity index (χ4v) is 1.45. The summed E-state index contributed by atoms with van der Waals surface area (Å²) in [5.41, 5.74) is 6.61. The maximum absolute atomic E-state index is 12.3. The highest BCUT2D eigenvalue weighted by molar-refractivity contribution is 5.45. The van der Waals surface area contributed by atoms with Gasteiger partial charge in [0.05, 0.1) is 11.9 Å². The van der Waals surface area contributed by atoms with Crippen molar-refractivity contribution in [1.29, 1.82) is 0 Å². The van der Waals surface area contributed by atoms with Crippen molar-refractivity contribution in [3.63, 3.8) is 0 Å². The van der Waals surface area contributed by atoms with Crippen LogP contribution in [0.2, 0.25) is 0 Å². The Morgan fingerprint density at radius 2 is 2.06 bits per heavy atom. The molecule has 0 aliphatic rings. The van der Waals surface area contributed by atoms with Gasteiger partial charge in [0.15, 0.2) is 5.75 Å². The largest absolute Gasteiger partial charge is 0.433 e. The second kappa shape index (κ2) is 5.09. The average molecular weight is 254 g/mol. The molecule has 18 heavy (non-hydrogen) atoms. The summed E-state index contributed by atoms with van der Waals surface area (Å²) in [7, 11) is 0. The summed E-state index contributed by atoms with van der Waals surface area (Å²) in [6, 6.07) is 6.07.